The summed E-state index contributed by atoms with van der Waals surface area (Å²) in [5.74, 6) is -0.645. The van der Waals surface area contributed by atoms with Crippen molar-refractivity contribution in [1.29, 1.82) is 0 Å². The first-order valence-corrected chi connectivity index (χ1v) is 19.3. The van der Waals surface area contributed by atoms with Crippen LogP contribution in [0.2, 0.25) is 5.02 Å². The lowest BCUT2D eigenvalue weighted by Crippen LogP contribution is -2.49. The minimum atomic E-state index is -4.43. The number of rotatable bonds is 4. The molecule has 1 aliphatic carbocycles. The van der Waals surface area contributed by atoms with Gasteiger partial charge in [-0.15, -0.1) is 0 Å². The van der Waals surface area contributed by atoms with Crippen LogP contribution in [0.4, 0.5) is 5.69 Å². The Morgan fingerprint density at radius 3 is 2.71 bits per heavy atom. The smallest absolute Gasteiger partial charge is 0.270 e. The number of nitrogens with zero attached hydrogens (tertiary/aromatic N) is 3. The van der Waals surface area contributed by atoms with E-state index in [1.807, 2.05) is 29.0 Å². The van der Waals surface area contributed by atoms with Gasteiger partial charge in [0.1, 0.15) is 17.3 Å². The van der Waals surface area contributed by atoms with Crippen molar-refractivity contribution in [2.24, 2.45) is 11.8 Å². The monoisotopic (exact) mass is 736 g/mol. The molecule has 3 aromatic rings. The van der Waals surface area contributed by atoms with Crippen molar-refractivity contribution in [3.05, 3.63) is 94.8 Å². The lowest BCUT2D eigenvalue weighted by Gasteiger charge is -2.43. The molecular weight excluding hydrogens is 692 g/mol. The van der Waals surface area contributed by atoms with E-state index >= 15 is 0 Å². The van der Waals surface area contributed by atoms with Gasteiger partial charge < -0.3 is 24.4 Å². The van der Waals surface area contributed by atoms with Gasteiger partial charge >= 0.3 is 0 Å². The van der Waals surface area contributed by atoms with Crippen LogP contribution in [0, 0.1) is 11.8 Å². The third-order valence-electron chi connectivity index (χ3n) is 10.4. The molecule has 6 rings (SSSR count). The van der Waals surface area contributed by atoms with Gasteiger partial charge in [0.25, 0.3) is 15.9 Å². The summed E-state index contributed by atoms with van der Waals surface area (Å²) in [6.07, 6.45) is 11.0. The highest BCUT2D eigenvalue weighted by atomic mass is 35.5. The zero-order valence-corrected chi connectivity index (χ0v) is 30.5. The molecule has 0 radical (unpaired) electrons. The largest absolute Gasteiger partial charge is 0.487 e. The van der Waals surface area contributed by atoms with Gasteiger partial charge in [-0.3, -0.25) is 14.6 Å². The number of ether oxygens (including phenoxy) is 2. The second kappa shape index (κ2) is 15.7. The minimum Gasteiger partial charge on any atom is -0.487 e. The number of halogens is 1. The van der Waals surface area contributed by atoms with Crippen molar-refractivity contribution in [2.45, 2.75) is 68.2 Å². The number of anilines is 1. The fraction of sp³-hybridized carbons (Fsp3) is 0.447. The highest BCUT2D eigenvalue weighted by molar-refractivity contribution is 7.90. The summed E-state index contributed by atoms with van der Waals surface area (Å²) < 4.78 is 41.0. The molecule has 1 saturated carbocycles. The molecule has 1 aromatic heterocycles. The van der Waals surface area contributed by atoms with Gasteiger partial charge in [0.05, 0.1) is 18.2 Å². The van der Waals surface area contributed by atoms with E-state index in [0.29, 0.717) is 48.4 Å². The molecule has 11 nitrogen and oxygen atoms in total. The van der Waals surface area contributed by atoms with Crippen LogP contribution >= 0.6 is 11.6 Å². The summed E-state index contributed by atoms with van der Waals surface area (Å²) >= 11 is 6.37. The van der Waals surface area contributed by atoms with Crippen molar-refractivity contribution in [3.63, 3.8) is 0 Å². The maximum Gasteiger partial charge on any atom is 0.270 e. The van der Waals surface area contributed by atoms with E-state index in [0.717, 1.165) is 49.4 Å². The molecule has 4 atom stereocenters. The molecule has 51 heavy (non-hydrogen) atoms. The van der Waals surface area contributed by atoms with Crippen LogP contribution in [0.15, 0.2) is 78.0 Å². The van der Waals surface area contributed by atoms with E-state index in [4.69, 9.17) is 21.1 Å². The molecule has 3 aliphatic rings. The first-order valence-electron chi connectivity index (χ1n) is 17.4. The molecule has 2 aromatic carbocycles. The van der Waals surface area contributed by atoms with Gasteiger partial charge in [-0.25, -0.2) is 13.1 Å². The average molecular weight is 737 g/mol. The molecular formula is C38H45ClN4O7S. The first-order chi connectivity index (χ1) is 24.5. The number of benzene rings is 2. The summed E-state index contributed by atoms with van der Waals surface area (Å²) in [6.45, 7) is 1.93. The number of aryl methyl sites for hydroxylation is 1. The summed E-state index contributed by atoms with van der Waals surface area (Å²) in [4.78, 5) is 35.0. The first kappa shape index (κ1) is 36.8. The molecule has 13 heteroatoms. The fourth-order valence-electron chi connectivity index (χ4n) is 7.19. The van der Waals surface area contributed by atoms with Crippen molar-refractivity contribution < 1.29 is 32.6 Å². The topological polar surface area (TPSA) is 138 Å². The number of carbonyl (C=O) groups is 2. The maximum atomic E-state index is 14.1. The van der Waals surface area contributed by atoms with Crippen molar-refractivity contribution in [2.75, 3.05) is 38.7 Å². The van der Waals surface area contributed by atoms with E-state index in [1.165, 1.54) is 29.3 Å². The van der Waals surface area contributed by atoms with Crippen LogP contribution in [0.5, 0.6) is 5.75 Å². The maximum absolute atomic E-state index is 14.1. The summed E-state index contributed by atoms with van der Waals surface area (Å²) in [6, 6.07) is 13.4. The molecule has 2 aliphatic heterocycles. The number of methoxy groups -OCH3 is 1. The van der Waals surface area contributed by atoms with Gasteiger partial charge in [0, 0.05) is 51.2 Å². The van der Waals surface area contributed by atoms with E-state index in [-0.39, 0.29) is 29.1 Å². The normalized spacial score (nSPS) is 25.3. The van der Waals surface area contributed by atoms with Gasteiger partial charge in [-0.2, -0.15) is 0 Å². The van der Waals surface area contributed by atoms with Crippen LogP contribution in [0.25, 0.3) is 0 Å². The molecule has 2 bridgehead atoms. The third kappa shape index (κ3) is 8.25. The minimum absolute atomic E-state index is 0.0709. The van der Waals surface area contributed by atoms with Gasteiger partial charge in [-0.05, 0) is 103 Å². The highest BCUT2D eigenvalue weighted by Crippen LogP contribution is 2.43. The third-order valence-corrected chi connectivity index (χ3v) is 12.0. The molecule has 1 fully saturated rings. The Morgan fingerprint density at radius 1 is 1.12 bits per heavy atom. The molecule has 3 heterocycles. The van der Waals surface area contributed by atoms with Gasteiger partial charge in [0.15, 0.2) is 5.60 Å². The predicted octanol–water partition coefficient (Wildman–Crippen LogP) is 5.00. The molecule has 2 amide bonds. The quantitative estimate of drug-likeness (QED) is 0.355. The second-order valence-electron chi connectivity index (χ2n) is 13.7. The molecule has 272 valence electrons. The second-order valence-corrected chi connectivity index (χ2v) is 15.8. The molecule has 0 spiro atoms. The summed E-state index contributed by atoms with van der Waals surface area (Å²) in [7, 11) is -1.11. The number of pyridine rings is 1. The van der Waals surface area contributed by atoms with Crippen molar-refractivity contribution in [1.82, 2.24) is 14.6 Å². The number of sulfonamides is 1. The van der Waals surface area contributed by atoms with Crippen LogP contribution in [-0.2, 0) is 43.0 Å². The number of hydrogen-bond acceptors (Lipinski definition) is 9. The number of amides is 2. The van der Waals surface area contributed by atoms with E-state index in [2.05, 4.69) is 16.0 Å². The van der Waals surface area contributed by atoms with Crippen LogP contribution in [0.3, 0.4) is 0 Å². The Morgan fingerprint density at radius 2 is 1.96 bits per heavy atom. The lowest BCUT2D eigenvalue weighted by atomic mass is 9.70. The predicted molar refractivity (Wildman–Crippen MR) is 194 cm³/mol. The van der Waals surface area contributed by atoms with E-state index in [9.17, 15) is 23.1 Å². The number of carbonyl (C=O) groups excluding carboxylic acids is 2. The molecule has 0 unspecified atom stereocenters. The van der Waals surface area contributed by atoms with Crippen molar-refractivity contribution in [3.8, 4) is 5.75 Å². The number of aromatic nitrogens is 1. The van der Waals surface area contributed by atoms with E-state index in [1.54, 1.807) is 26.3 Å². The summed E-state index contributed by atoms with van der Waals surface area (Å²) in [5.41, 5.74) is 0.302. The molecule has 2 N–H and O–H groups in total. The van der Waals surface area contributed by atoms with Gasteiger partial charge in [-0.1, -0.05) is 35.9 Å². The van der Waals surface area contributed by atoms with Crippen LogP contribution in [-0.4, -0.2) is 75.1 Å². The highest BCUT2D eigenvalue weighted by Gasteiger charge is 2.44. The number of fused-ring (bicyclic) bond motifs is 3. The van der Waals surface area contributed by atoms with E-state index < -0.39 is 33.9 Å². The summed E-state index contributed by atoms with van der Waals surface area (Å²) in [5, 5.41) is 13.0. The number of nitrogens with one attached hydrogen (secondary N) is 1. The average Bonchev–Trinajstić information content (AvgIpc) is 3.14. The van der Waals surface area contributed by atoms with Crippen LogP contribution in [0.1, 0.15) is 55.2 Å². The SMILES string of the molecule is CO[C@H]1/C=C/CCN(C)C(=O)C[C@](O)(C(=O)NS(=O)(=O)c2cccnc2)c2ccc3c(c2)N(CCCCc2cc(Cl)ccc2CO3)C[C@@H]2CC[C@H]21. The standard InChI is InChI=1S/C38H45ClN4O7S/c1-42-18-5-4-10-34(49-2)32-15-12-27(32)24-43-19-6-3-8-26-20-30(39)14-11-28(26)25-50-35-16-13-29(21-33(35)43)38(46,22-36(42)44)37(45)41-51(47,48)31-9-7-17-40-23-31/h4,7,9-11,13-14,16-17,20-21,23,27,32,34,46H,3,5-6,8,12,15,18-19,22,24-25H2,1-2H3,(H,41,45)/b10-4+/t27-,32+,34-,38+/m0/s1. The number of hydrogen-bond donors (Lipinski definition) is 2. The Kier molecular flexibility index (Phi) is 11.4. The molecule has 0 saturated heterocycles. The zero-order valence-electron chi connectivity index (χ0n) is 29.0. The Labute approximate surface area is 304 Å². The Balaban J connectivity index is 1.45. The Hall–Kier alpha value is -3.97. The van der Waals surface area contributed by atoms with Crippen LogP contribution < -0.4 is 14.4 Å². The lowest BCUT2D eigenvalue weighted by molar-refractivity contribution is -0.148. The van der Waals surface area contributed by atoms with Crippen molar-refractivity contribution >= 4 is 39.1 Å². The Bertz CT molecular complexity index is 1870. The number of aliphatic hydroxyl groups is 1. The zero-order chi connectivity index (χ0) is 36.2. The van der Waals surface area contributed by atoms with Gasteiger partial charge in [0.2, 0.25) is 5.91 Å². The fourth-order valence-corrected chi connectivity index (χ4v) is 8.37.